The largest absolute Gasteiger partial charge is 0.332 e. The van der Waals surface area contributed by atoms with Gasteiger partial charge in [-0.2, -0.15) is 5.10 Å². The van der Waals surface area contributed by atoms with E-state index in [1.807, 2.05) is 32.2 Å². The van der Waals surface area contributed by atoms with Crippen molar-refractivity contribution in [3.8, 4) is 0 Å². The number of nitrogens with one attached hydrogen (secondary N) is 2. The topological polar surface area (TPSA) is 71.8 Å². The van der Waals surface area contributed by atoms with Crippen molar-refractivity contribution < 1.29 is 4.79 Å². The average molecular weight is 245 g/mol. The molecule has 0 aliphatic rings. The molecule has 0 saturated heterocycles. The van der Waals surface area contributed by atoms with E-state index in [2.05, 4.69) is 20.7 Å². The number of carbonyl (C=O) groups is 1. The van der Waals surface area contributed by atoms with E-state index in [4.69, 9.17) is 0 Å². The SMILES string of the molecule is Cc1cc(NC(=O)NCc2ccccn2)nn1C. The van der Waals surface area contributed by atoms with Crippen molar-refractivity contribution in [3.63, 3.8) is 0 Å². The van der Waals surface area contributed by atoms with E-state index in [1.54, 1.807) is 16.9 Å². The second-order valence-corrected chi connectivity index (χ2v) is 3.92. The van der Waals surface area contributed by atoms with Crippen molar-refractivity contribution in [2.75, 3.05) is 5.32 Å². The number of nitrogens with zero attached hydrogens (tertiary/aromatic N) is 3. The van der Waals surface area contributed by atoms with E-state index in [9.17, 15) is 4.79 Å². The van der Waals surface area contributed by atoms with Gasteiger partial charge in [0.05, 0.1) is 12.2 Å². The van der Waals surface area contributed by atoms with Crippen molar-refractivity contribution in [2.24, 2.45) is 7.05 Å². The number of rotatable bonds is 3. The molecule has 0 radical (unpaired) electrons. The third-order valence-electron chi connectivity index (χ3n) is 2.51. The minimum atomic E-state index is -0.293. The van der Waals surface area contributed by atoms with Crippen LogP contribution in [0.1, 0.15) is 11.4 Å². The van der Waals surface area contributed by atoms with E-state index < -0.39 is 0 Å². The number of hydrogen-bond acceptors (Lipinski definition) is 3. The summed E-state index contributed by atoms with van der Waals surface area (Å²) in [4.78, 5) is 15.7. The van der Waals surface area contributed by atoms with Crippen LogP contribution in [-0.2, 0) is 13.6 Å². The molecule has 94 valence electrons. The molecule has 2 heterocycles. The molecule has 0 saturated carbocycles. The Morgan fingerprint density at radius 3 is 2.89 bits per heavy atom. The number of amides is 2. The Labute approximate surface area is 105 Å². The maximum atomic E-state index is 11.6. The Morgan fingerprint density at radius 2 is 2.28 bits per heavy atom. The predicted octanol–water partition coefficient (Wildman–Crippen LogP) is 1.45. The van der Waals surface area contributed by atoms with Crippen LogP contribution in [0, 0.1) is 6.92 Å². The minimum absolute atomic E-state index is 0.293. The fraction of sp³-hybridized carbons (Fsp3) is 0.250. The second-order valence-electron chi connectivity index (χ2n) is 3.92. The van der Waals surface area contributed by atoms with Gasteiger partial charge in [0.15, 0.2) is 5.82 Å². The molecule has 0 aliphatic heterocycles. The summed E-state index contributed by atoms with van der Waals surface area (Å²) >= 11 is 0. The van der Waals surface area contributed by atoms with Crippen molar-refractivity contribution in [1.82, 2.24) is 20.1 Å². The van der Waals surface area contributed by atoms with Crippen LogP contribution in [0.3, 0.4) is 0 Å². The van der Waals surface area contributed by atoms with E-state index in [0.29, 0.717) is 12.4 Å². The van der Waals surface area contributed by atoms with Crippen LogP contribution < -0.4 is 10.6 Å². The first kappa shape index (κ1) is 12.1. The lowest BCUT2D eigenvalue weighted by Crippen LogP contribution is -2.28. The molecule has 0 aliphatic carbocycles. The molecule has 6 heteroatoms. The lowest BCUT2D eigenvalue weighted by molar-refractivity contribution is 0.251. The van der Waals surface area contributed by atoms with Gasteiger partial charge in [-0.1, -0.05) is 6.07 Å². The Hall–Kier alpha value is -2.37. The molecule has 18 heavy (non-hydrogen) atoms. The third kappa shape index (κ3) is 3.07. The van der Waals surface area contributed by atoms with Gasteiger partial charge in [0.25, 0.3) is 0 Å². The molecule has 2 rings (SSSR count). The van der Waals surface area contributed by atoms with E-state index in [0.717, 1.165) is 11.4 Å². The summed E-state index contributed by atoms with van der Waals surface area (Å²) in [5.74, 6) is 0.536. The van der Waals surface area contributed by atoms with Gasteiger partial charge in [-0.3, -0.25) is 15.0 Å². The van der Waals surface area contributed by atoms with Gasteiger partial charge < -0.3 is 5.32 Å². The van der Waals surface area contributed by atoms with Gasteiger partial charge in [0.1, 0.15) is 0 Å². The predicted molar refractivity (Wildman–Crippen MR) is 68.0 cm³/mol. The van der Waals surface area contributed by atoms with Crippen molar-refractivity contribution in [1.29, 1.82) is 0 Å². The fourth-order valence-corrected chi connectivity index (χ4v) is 1.46. The molecule has 0 bridgehead atoms. The monoisotopic (exact) mass is 245 g/mol. The van der Waals surface area contributed by atoms with Crippen LogP contribution in [0.15, 0.2) is 30.5 Å². The Kier molecular flexibility index (Phi) is 3.57. The maximum absolute atomic E-state index is 11.6. The summed E-state index contributed by atoms with van der Waals surface area (Å²) < 4.78 is 1.70. The van der Waals surface area contributed by atoms with Crippen molar-refractivity contribution in [3.05, 3.63) is 41.9 Å². The van der Waals surface area contributed by atoms with Crippen molar-refractivity contribution in [2.45, 2.75) is 13.5 Å². The molecular weight excluding hydrogens is 230 g/mol. The maximum Gasteiger partial charge on any atom is 0.320 e. The zero-order valence-corrected chi connectivity index (χ0v) is 10.3. The van der Waals surface area contributed by atoms with Crippen LogP contribution in [0.25, 0.3) is 0 Å². The van der Waals surface area contributed by atoms with Crippen LogP contribution in [0.2, 0.25) is 0 Å². The molecular formula is C12H15N5O. The smallest absolute Gasteiger partial charge is 0.320 e. The third-order valence-corrected chi connectivity index (χ3v) is 2.51. The Bertz CT molecular complexity index is 515. The Morgan fingerprint density at radius 1 is 1.44 bits per heavy atom. The summed E-state index contributed by atoms with van der Waals surface area (Å²) in [5, 5.41) is 9.51. The van der Waals surface area contributed by atoms with Gasteiger partial charge in [-0.25, -0.2) is 4.79 Å². The zero-order chi connectivity index (χ0) is 13.0. The average Bonchev–Trinajstić information content (AvgIpc) is 2.67. The van der Waals surface area contributed by atoms with Crippen LogP contribution in [-0.4, -0.2) is 20.8 Å². The molecule has 0 fully saturated rings. The summed E-state index contributed by atoms with van der Waals surface area (Å²) in [7, 11) is 1.83. The highest BCUT2D eigenvalue weighted by Crippen LogP contribution is 2.06. The molecule has 2 N–H and O–H groups in total. The number of pyridine rings is 1. The van der Waals surface area contributed by atoms with E-state index in [1.165, 1.54) is 0 Å². The highest BCUT2D eigenvalue weighted by Gasteiger charge is 2.05. The number of urea groups is 1. The highest BCUT2D eigenvalue weighted by atomic mass is 16.2. The van der Waals surface area contributed by atoms with E-state index in [-0.39, 0.29) is 6.03 Å². The summed E-state index contributed by atoms with van der Waals surface area (Å²) in [6, 6.07) is 7.08. The molecule has 2 aromatic heterocycles. The summed E-state index contributed by atoms with van der Waals surface area (Å²) in [6.45, 7) is 2.31. The lowest BCUT2D eigenvalue weighted by Gasteiger charge is -2.04. The molecule has 2 amide bonds. The van der Waals surface area contributed by atoms with Gasteiger partial charge in [-0.15, -0.1) is 0 Å². The van der Waals surface area contributed by atoms with Gasteiger partial charge in [0.2, 0.25) is 0 Å². The van der Waals surface area contributed by atoms with Gasteiger partial charge in [-0.05, 0) is 19.1 Å². The molecule has 2 aromatic rings. The minimum Gasteiger partial charge on any atom is -0.332 e. The highest BCUT2D eigenvalue weighted by molar-refractivity contribution is 5.88. The lowest BCUT2D eigenvalue weighted by atomic mass is 10.3. The first-order valence-electron chi connectivity index (χ1n) is 5.60. The van der Waals surface area contributed by atoms with E-state index >= 15 is 0 Å². The molecule has 0 aromatic carbocycles. The van der Waals surface area contributed by atoms with Crippen LogP contribution in [0.4, 0.5) is 10.6 Å². The summed E-state index contributed by atoms with van der Waals surface area (Å²) in [5.41, 5.74) is 1.79. The number of hydrogen-bond donors (Lipinski definition) is 2. The number of anilines is 1. The normalized spacial score (nSPS) is 10.1. The first-order chi connectivity index (χ1) is 8.65. The number of aryl methyl sites for hydroxylation is 2. The molecule has 0 unspecified atom stereocenters. The molecule has 0 atom stereocenters. The van der Waals surface area contributed by atoms with Gasteiger partial charge in [0, 0.05) is 25.0 Å². The Balaban J connectivity index is 1.86. The number of carbonyl (C=O) groups excluding carboxylic acids is 1. The quantitative estimate of drug-likeness (QED) is 0.859. The second kappa shape index (κ2) is 5.31. The van der Waals surface area contributed by atoms with Crippen LogP contribution in [0.5, 0.6) is 0 Å². The molecule has 6 nitrogen and oxygen atoms in total. The number of aromatic nitrogens is 3. The standard InChI is InChI=1S/C12H15N5O/c1-9-7-11(16-17(9)2)15-12(18)14-8-10-5-3-4-6-13-10/h3-7H,8H2,1-2H3,(H2,14,15,16,18). The van der Waals surface area contributed by atoms with Gasteiger partial charge >= 0.3 is 6.03 Å². The first-order valence-corrected chi connectivity index (χ1v) is 5.60. The zero-order valence-electron chi connectivity index (χ0n) is 10.3. The summed E-state index contributed by atoms with van der Waals surface area (Å²) in [6.07, 6.45) is 1.69. The van der Waals surface area contributed by atoms with Crippen LogP contribution >= 0.6 is 0 Å². The fourth-order valence-electron chi connectivity index (χ4n) is 1.46. The van der Waals surface area contributed by atoms with Crippen molar-refractivity contribution >= 4 is 11.8 Å². The molecule has 0 spiro atoms.